The molecule has 2 N–H and O–H groups in total. The van der Waals surface area contributed by atoms with E-state index in [1.807, 2.05) is 12.1 Å². The van der Waals surface area contributed by atoms with Crippen LogP contribution >= 0.6 is 15.9 Å². The second-order valence-electron chi connectivity index (χ2n) is 4.24. The number of aromatic nitrogens is 1. The molecule has 0 bridgehead atoms. The van der Waals surface area contributed by atoms with Gasteiger partial charge in [0.15, 0.2) is 0 Å². The summed E-state index contributed by atoms with van der Waals surface area (Å²) in [5.41, 5.74) is 10.7. The van der Waals surface area contributed by atoms with E-state index in [-0.39, 0.29) is 6.04 Å². The predicted molar refractivity (Wildman–Crippen MR) is 73.9 cm³/mol. The average molecular weight is 291 g/mol. The highest BCUT2D eigenvalue weighted by molar-refractivity contribution is 9.10. The average Bonchev–Trinajstić information content (AvgIpc) is 2.29. The Kier molecular flexibility index (Phi) is 3.60. The van der Waals surface area contributed by atoms with Crippen molar-refractivity contribution in [2.75, 3.05) is 0 Å². The molecule has 1 aromatic heterocycles. The van der Waals surface area contributed by atoms with Crippen LogP contribution in [0.2, 0.25) is 0 Å². The Hall–Kier alpha value is -1.19. The summed E-state index contributed by atoms with van der Waals surface area (Å²) in [5, 5.41) is 0. The summed E-state index contributed by atoms with van der Waals surface area (Å²) in [6.07, 6.45) is 1.78. The second-order valence-corrected chi connectivity index (χ2v) is 5.15. The lowest BCUT2D eigenvalue weighted by molar-refractivity contribution is 0.819. The van der Waals surface area contributed by atoms with Crippen molar-refractivity contribution in [3.8, 4) is 0 Å². The van der Waals surface area contributed by atoms with Gasteiger partial charge in [-0.3, -0.25) is 4.98 Å². The summed E-state index contributed by atoms with van der Waals surface area (Å²) >= 11 is 3.37. The Bertz CT molecular complexity index is 520. The first-order valence-corrected chi connectivity index (χ1v) is 6.31. The maximum Gasteiger partial charge on any atom is 0.0728 e. The molecule has 0 saturated carbocycles. The third kappa shape index (κ3) is 2.73. The molecule has 2 nitrogen and oxygen atoms in total. The zero-order chi connectivity index (χ0) is 12.4. The van der Waals surface area contributed by atoms with E-state index in [4.69, 9.17) is 5.73 Å². The van der Waals surface area contributed by atoms with Crippen LogP contribution < -0.4 is 5.73 Å². The lowest BCUT2D eigenvalue weighted by Crippen LogP contribution is -2.14. The lowest BCUT2D eigenvalue weighted by Gasteiger charge is -2.14. The number of aryl methyl sites for hydroxylation is 2. The van der Waals surface area contributed by atoms with Crippen LogP contribution in [0.3, 0.4) is 0 Å². The molecular formula is C14H15BrN2. The highest BCUT2D eigenvalue weighted by atomic mass is 79.9. The number of pyridine rings is 1. The van der Waals surface area contributed by atoms with Crippen molar-refractivity contribution >= 4 is 15.9 Å². The first-order chi connectivity index (χ1) is 8.08. The zero-order valence-electron chi connectivity index (χ0n) is 9.94. The minimum Gasteiger partial charge on any atom is -0.319 e. The third-order valence-electron chi connectivity index (χ3n) is 2.83. The number of benzene rings is 1. The number of rotatable bonds is 2. The molecule has 1 unspecified atom stereocenters. The minimum absolute atomic E-state index is 0.163. The van der Waals surface area contributed by atoms with Crippen LogP contribution in [0, 0.1) is 13.8 Å². The van der Waals surface area contributed by atoms with Gasteiger partial charge >= 0.3 is 0 Å². The van der Waals surface area contributed by atoms with Crippen molar-refractivity contribution in [1.82, 2.24) is 4.98 Å². The van der Waals surface area contributed by atoms with E-state index >= 15 is 0 Å². The quantitative estimate of drug-likeness (QED) is 0.919. The van der Waals surface area contributed by atoms with Crippen LogP contribution in [0.15, 0.2) is 41.0 Å². The Balaban J connectivity index is 2.36. The van der Waals surface area contributed by atoms with Gasteiger partial charge in [0.1, 0.15) is 0 Å². The third-order valence-corrected chi connectivity index (χ3v) is 3.30. The SMILES string of the molecule is Cc1ccc(C(N)c2ccc(Br)cn2)c(C)c1. The van der Waals surface area contributed by atoms with Gasteiger partial charge in [-0.05, 0) is 53.0 Å². The molecule has 1 atom stereocenters. The fraction of sp³-hybridized carbons (Fsp3) is 0.214. The number of halogens is 1. The number of hydrogen-bond acceptors (Lipinski definition) is 2. The van der Waals surface area contributed by atoms with E-state index in [1.165, 1.54) is 11.1 Å². The molecule has 0 aliphatic heterocycles. The Morgan fingerprint density at radius 3 is 2.53 bits per heavy atom. The van der Waals surface area contributed by atoms with Crippen LogP contribution in [0.4, 0.5) is 0 Å². The van der Waals surface area contributed by atoms with Crippen molar-refractivity contribution in [1.29, 1.82) is 0 Å². The first-order valence-electron chi connectivity index (χ1n) is 5.52. The normalized spacial score (nSPS) is 12.5. The van der Waals surface area contributed by atoms with E-state index in [2.05, 4.69) is 53.0 Å². The maximum atomic E-state index is 6.24. The van der Waals surface area contributed by atoms with E-state index < -0.39 is 0 Å². The standard InChI is InChI=1S/C14H15BrN2/c1-9-3-5-12(10(2)7-9)14(16)13-6-4-11(15)8-17-13/h3-8,14H,16H2,1-2H3. The molecule has 0 saturated heterocycles. The molecule has 0 fully saturated rings. The van der Waals surface area contributed by atoms with Gasteiger partial charge in [0.25, 0.3) is 0 Å². The highest BCUT2D eigenvalue weighted by Gasteiger charge is 2.12. The first kappa shape index (κ1) is 12.3. The summed E-state index contributed by atoms with van der Waals surface area (Å²) in [4.78, 5) is 4.35. The zero-order valence-corrected chi connectivity index (χ0v) is 11.5. The van der Waals surface area contributed by atoms with Crippen molar-refractivity contribution in [3.63, 3.8) is 0 Å². The van der Waals surface area contributed by atoms with Gasteiger partial charge in [0, 0.05) is 10.7 Å². The molecule has 88 valence electrons. The molecule has 0 radical (unpaired) electrons. The summed E-state index contributed by atoms with van der Waals surface area (Å²) < 4.78 is 0.967. The van der Waals surface area contributed by atoms with Gasteiger partial charge < -0.3 is 5.73 Å². The fourth-order valence-corrected chi connectivity index (χ4v) is 2.14. The molecular weight excluding hydrogens is 276 g/mol. The molecule has 17 heavy (non-hydrogen) atoms. The monoisotopic (exact) mass is 290 g/mol. The molecule has 3 heteroatoms. The van der Waals surface area contributed by atoms with Crippen LogP contribution in [-0.2, 0) is 0 Å². The maximum absolute atomic E-state index is 6.24. The number of nitrogens with zero attached hydrogens (tertiary/aromatic N) is 1. The van der Waals surface area contributed by atoms with Crippen LogP contribution in [-0.4, -0.2) is 4.98 Å². The Morgan fingerprint density at radius 1 is 1.18 bits per heavy atom. The fourth-order valence-electron chi connectivity index (χ4n) is 1.91. The molecule has 1 aromatic carbocycles. The van der Waals surface area contributed by atoms with Gasteiger partial charge in [0.2, 0.25) is 0 Å². The molecule has 0 spiro atoms. The van der Waals surface area contributed by atoms with E-state index in [1.54, 1.807) is 6.20 Å². The van der Waals surface area contributed by atoms with Crippen molar-refractivity contribution in [2.45, 2.75) is 19.9 Å². The van der Waals surface area contributed by atoms with Crippen molar-refractivity contribution in [3.05, 3.63) is 63.4 Å². The highest BCUT2D eigenvalue weighted by Crippen LogP contribution is 2.22. The summed E-state index contributed by atoms with van der Waals surface area (Å²) in [6, 6.07) is 10.1. The number of nitrogens with two attached hydrogens (primary N) is 1. The molecule has 2 rings (SSSR count). The van der Waals surface area contributed by atoms with Gasteiger partial charge in [-0.15, -0.1) is 0 Å². The molecule has 0 amide bonds. The molecule has 0 aliphatic carbocycles. The summed E-state index contributed by atoms with van der Waals surface area (Å²) in [6.45, 7) is 4.17. The van der Waals surface area contributed by atoms with E-state index in [9.17, 15) is 0 Å². The van der Waals surface area contributed by atoms with Crippen molar-refractivity contribution < 1.29 is 0 Å². The summed E-state index contributed by atoms with van der Waals surface area (Å²) in [7, 11) is 0. The van der Waals surface area contributed by atoms with Gasteiger partial charge in [0.05, 0.1) is 11.7 Å². The van der Waals surface area contributed by atoms with Crippen molar-refractivity contribution in [2.24, 2.45) is 5.73 Å². The van der Waals surface area contributed by atoms with Crippen LogP contribution in [0.25, 0.3) is 0 Å². The Labute approximate surface area is 110 Å². The largest absolute Gasteiger partial charge is 0.319 e. The van der Waals surface area contributed by atoms with Crippen LogP contribution in [0.5, 0.6) is 0 Å². The van der Waals surface area contributed by atoms with E-state index in [0.29, 0.717) is 0 Å². The topological polar surface area (TPSA) is 38.9 Å². The Morgan fingerprint density at radius 2 is 1.94 bits per heavy atom. The predicted octanol–water partition coefficient (Wildman–Crippen LogP) is 3.51. The molecule has 0 aliphatic rings. The summed E-state index contributed by atoms with van der Waals surface area (Å²) in [5.74, 6) is 0. The van der Waals surface area contributed by atoms with E-state index in [0.717, 1.165) is 15.7 Å². The van der Waals surface area contributed by atoms with Gasteiger partial charge in [-0.1, -0.05) is 23.8 Å². The smallest absolute Gasteiger partial charge is 0.0728 e. The van der Waals surface area contributed by atoms with Crippen LogP contribution in [0.1, 0.15) is 28.4 Å². The molecule has 2 aromatic rings. The van der Waals surface area contributed by atoms with Gasteiger partial charge in [-0.25, -0.2) is 0 Å². The number of hydrogen-bond donors (Lipinski definition) is 1. The van der Waals surface area contributed by atoms with Gasteiger partial charge in [-0.2, -0.15) is 0 Å². The second kappa shape index (κ2) is 4.98. The minimum atomic E-state index is -0.163. The lowest BCUT2D eigenvalue weighted by atomic mass is 9.97. The molecule has 1 heterocycles.